The molecule has 2 aromatic rings. The molecule has 0 bridgehead atoms. The number of hydrogen-bond acceptors (Lipinski definition) is 5. The minimum Gasteiger partial charge on any atom is -0.504 e. The molecule has 2 aliphatic heterocycles. The zero-order valence-electron chi connectivity index (χ0n) is 16.0. The minimum atomic E-state index is -0.949. The fourth-order valence-corrected chi connectivity index (χ4v) is 4.83. The van der Waals surface area contributed by atoms with Crippen LogP contribution in [0.2, 0.25) is 10.0 Å². The van der Waals surface area contributed by atoms with E-state index in [4.69, 9.17) is 23.2 Å². The van der Waals surface area contributed by atoms with Crippen LogP contribution in [0.1, 0.15) is 29.5 Å². The molecule has 2 aromatic carbocycles. The largest absolute Gasteiger partial charge is 0.504 e. The predicted octanol–water partition coefficient (Wildman–Crippen LogP) is 3.65. The molecule has 0 aromatic heterocycles. The second-order valence-electron chi connectivity index (χ2n) is 7.87. The van der Waals surface area contributed by atoms with Gasteiger partial charge in [-0.25, -0.2) is 0 Å². The maximum Gasteiger partial charge on any atom is 0.163 e. The summed E-state index contributed by atoms with van der Waals surface area (Å²) in [5, 5.41) is 24.7. The van der Waals surface area contributed by atoms with Gasteiger partial charge in [-0.2, -0.15) is 0 Å². The second kappa shape index (κ2) is 8.15. The van der Waals surface area contributed by atoms with Gasteiger partial charge in [0.1, 0.15) is 5.54 Å². The number of phenolic OH excluding ortho intramolecular Hbond substituents is 2. The Kier molecular flexibility index (Phi) is 5.76. The highest BCUT2D eigenvalue weighted by molar-refractivity contribution is 6.42. The van der Waals surface area contributed by atoms with E-state index in [1.807, 2.05) is 6.07 Å². The van der Waals surface area contributed by atoms with Gasteiger partial charge in [0.15, 0.2) is 17.3 Å². The normalized spacial score (nSPS) is 21.9. The van der Waals surface area contributed by atoms with E-state index in [0.29, 0.717) is 35.1 Å². The first-order valence-electron chi connectivity index (χ1n) is 9.89. The number of nitrogens with one attached hydrogen (secondary N) is 1. The van der Waals surface area contributed by atoms with Crippen LogP contribution >= 0.6 is 23.2 Å². The smallest absolute Gasteiger partial charge is 0.163 e. The van der Waals surface area contributed by atoms with Gasteiger partial charge >= 0.3 is 0 Å². The molecule has 29 heavy (non-hydrogen) atoms. The van der Waals surface area contributed by atoms with Crippen LogP contribution in [-0.2, 0) is 23.2 Å². The topological polar surface area (TPSA) is 72.8 Å². The number of phenols is 2. The standard InChI is InChI=1S/C22H24Cl2N2O3/c23-17-5-3-14(11-18(17)24)12-20(28)22(13-26-9-1-2-10-26)16-4-6-19(27)21(29)15(16)7-8-25-22/h3-6,11,25,27,29H,1-2,7-10,12-13H2. The maximum atomic E-state index is 13.7. The first-order valence-corrected chi connectivity index (χ1v) is 10.7. The van der Waals surface area contributed by atoms with E-state index in [-0.39, 0.29) is 23.7 Å². The highest BCUT2D eigenvalue weighted by atomic mass is 35.5. The quantitative estimate of drug-likeness (QED) is 0.626. The summed E-state index contributed by atoms with van der Waals surface area (Å²) in [6, 6.07) is 8.47. The Balaban J connectivity index is 1.75. The molecule has 4 rings (SSSR count). The molecule has 0 radical (unpaired) electrons. The van der Waals surface area contributed by atoms with E-state index in [9.17, 15) is 15.0 Å². The van der Waals surface area contributed by atoms with Crippen molar-refractivity contribution in [3.05, 3.63) is 57.1 Å². The molecule has 0 saturated carbocycles. The van der Waals surface area contributed by atoms with Crippen molar-refractivity contribution < 1.29 is 15.0 Å². The number of benzene rings is 2. The Morgan fingerprint density at radius 1 is 1.10 bits per heavy atom. The summed E-state index contributed by atoms with van der Waals surface area (Å²) < 4.78 is 0. The number of carbonyl (C=O) groups excluding carboxylic acids is 1. The molecular weight excluding hydrogens is 411 g/mol. The van der Waals surface area contributed by atoms with Crippen LogP contribution in [0, 0.1) is 0 Å². The van der Waals surface area contributed by atoms with Gasteiger partial charge in [0.2, 0.25) is 0 Å². The van der Waals surface area contributed by atoms with Crippen LogP contribution in [0.3, 0.4) is 0 Å². The SMILES string of the molecule is O=C(Cc1ccc(Cl)c(Cl)c1)C1(CN2CCCC2)NCCc2c1ccc(O)c2O. The predicted molar refractivity (Wildman–Crippen MR) is 114 cm³/mol. The van der Waals surface area contributed by atoms with Crippen molar-refractivity contribution in [2.24, 2.45) is 0 Å². The Morgan fingerprint density at radius 3 is 2.59 bits per heavy atom. The monoisotopic (exact) mass is 434 g/mol. The van der Waals surface area contributed by atoms with Gasteiger partial charge in [-0.3, -0.25) is 10.1 Å². The molecule has 1 unspecified atom stereocenters. The summed E-state index contributed by atoms with van der Waals surface area (Å²) in [6.07, 6.45) is 2.98. The number of carbonyl (C=O) groups is 1. The van der Waals surface area contributed by atoms with Gasteiger partial charge in [0, 0.05) is 25.1 Å². The van der Waals surface area contributed by atoms with Crippen LogP contribution in [0.5, 0.6) is 11.5 Å². The molecule has 0 aliphatic carbocycles. The van der Waals surface area contributed by atoms with Gasteiger partial charge < -0.3 is 15.1 Å². The molecule has 0 spiro atoms. The van der Waals surface area contributed by atoms with Gasteiger partial charge in [-0.1, -0.05) is 35.3 Å². The molecule has 2 aliphatic rings. The number of hydrogen-bond donors (Lipinski definition) is 3. The number of likely N-dealkylation sites (tertiary alicyclic amines) is 1. The van der Waals surface area contributed by atoms with Gasteiger partial charge in [-0.05, 0) is 61.7 Å². The van der Waals surface area contributed by atoms with E-state index < -0.39 is 5.54 Å². The molecule has 3 N–H and O–H groups in total. The van der Waals surface area contributed by atoms with Gasteiger partial charge in [-0.15, -0.1) is 0 Å². The summed E-state index contributed by atoms with van der Waals surface area (Å²) in [7, 11) is 0. The van der Waals surface area contributed by atoms with Crippen LogP contribution in [0.25, 0.3) is 0 Å². The fraction of sp³-hybridized carbons (Fsp3) is 0.409. The van der Waals surface area contributed by atoms with Crippen molar-refractivity contribution in [2.45, 2.75) is 31.2 Å². The molecule has 154 valence electrons. The lowest BCUT2D eigenvalue weighted by Gasteiger charge is -2.41. The number of fused-ring (bicyclic) bond motifs is 1. The van der Waals surface area contributed by atoms with Crippen molar-refractivity contribution in [3.8, 4) is 11.5 Å². The summed E-state index contributed by atoms with van der Waals surface area (Å²) in [5.74, 6) is -0.274. The zero-order valence-corrected chi connectivity index (χ0v) is 17.6. The molecule has 1 atom stereocenters. The van der Waals surface area contributed by atoms with Crippen molar-refractivity contribution in [1.29, 1.82) is 0 Å². The zero-order chi connectivity index (χ0) is 20.6. The van der Waals surface area contributed by atoms with Crippen molar-refractivity contribution in [2.75, 3.05) is 26.2 Å². The number of aromatic hydroxyl groups is 2. The van der Waals surface area contributed by atoms with E-state index >= 15 is 0 Å². The molecular formula is C22H24Cl2N2O3. The van der Waals surface area contributed by atoms with Crippen molar-refractivity contribution in [3.63, 3.8) is 0 Å². The highest BCUT2D eigenvalue weighted by Crippen LogP contribution is 2.40. The minimum absolute atomic E-state index is 0.00817. The molecule has 1 fully saturated rings. The van der Waals surface area contributed by atoms with Crippen molar-refractivity contribution in [1.82, 2.24) is 10.2 Å². The van der Waals surface area contributed by atoms with E-state index in [1.54, 1.807) is 18.2 Å². The summed E-state index contributed by atoms with van der Waals surface area (Å²) in [6.45, 7) is 2.97. The van der Waals surface area contributed by atoms with Crippen LogP contribution in [-0.4, -0.2) is 47.1 Å². The third-order valence-electron chi connectivity index (χ3n) is 6.01. The summed E-state index contributed by atoms with van der Waals surface area (Å²) in [4.78, 5) is 16.0. The third kappa shape index (κ3) is 3.84. The average Bonchev–Trinajstić information content (AvgIpc) is 3.21. The molecule has 1 saturated heterocycles. The number of Topliss-reactive ketones (excluding diaryl/α,β-unsaturated/α-hetero) is 1. The maximum absolute atomic E-state index is 13.7. The van der Waals surface area contributed by atoms with Crippen LogP contribution in [0.4, 0.5) is 0 Å². The number of nitrogens with zero attached hydrogens (tertiary/aromatic N) is 1. The van der Waals surface area contributed by atoms with E-state index in [2.05, 4.69) is 10.2 Å². The van der Waals surface area contributed by atoms with Gasteiger partial charge in [0.25, 0.3) is 0 Å². The summed E-state index contributed by atoms with van der Waals surface area (Å²) in [5.41, 5.74) is 1.23. The molecule has 7 heteroatoms. The lowest BCUT2D eigenvalue weighted by atomic mass is 9.76. The number of halogens is 2. The Bertz CT molecular complexity index is 944. The van der Waals surface area contributed by atoms with Gasteiger partial charge in [0.05, 0.1) is 10.0 Å². The average molecular weight is 435 g/mol. The molecule has 2 heterocycles. The Hall–Kier alpha value is -1.79. The first kappa shape index (κ1) is 20.5. The first-order chi connectivity index (χ1) is 13.9. The van der Waals surface area contributed by atoms with Crippen LogP contribution < -0.4 is 5.32 Å². The fourth-order valence-electron chi connectivity index (χ4n) is 4.51. The Labute approximate surface area is 180 Å². The number of rotatable bonds is 5. The molecule has 0 amide bonds. The molecule has 5 nitrogen and oxygen atoms in total. The number of ketones is 1. The second-order valence-corrected chi connectivity index (χ2v) is 8.69. The summed E-state index contributed by atoms with van der Waals surface area (Å²) >= 11 is 12.2. The van der Waals surface area contributed by atoms with Crippen molar-refractivity contribution >= 4 is 29.0 Å². The highest BCUT2D eigenvalue weighted by Gasteiger charge is 2.45. The van der Waals surface area contributed by atoms with E-state index in [0.717, 1.165) is 37.1 Å². The lowest BCUT2D eigenvalue weighted by molar-refractivity contribution is -0.126. The third-order valence-corrected chi connectivity index (χ3v) is 6.75. The van der Waals surface area contributed by atoms with Crippen LogP contribution in [0.15, 0.2) is 30.3 Å². The lowest BCUT2D eigenvalue weighted by Crippen LogP contribution is -2.59. The van der Waals surface area contributed by atoms with E-state index in [1.165, 1.54) is 6.07 Å². The Morgan fingerprint density at radius 2 is 1.86 bits per heavy atom.